The zero-order chi connectivity index (χ0) is 25.9. The fourth-order valence-electron chi connectivity index (χ4n) is 4.37. The van der Waals surface area contributed by atoms with E-state index in [0.717, 1.165) is 16.3 Å². The summed E-state index contributed by atoms with van der Waals surface area (Å²) in [6.07, 6.45) is 2.71. The number of thiazole rings is 1. The lowest BCUT2D eigenvalue weighted by atomic mass is 9.86. The van der Waals surface area contributed by atoms with Gasteiger partial charge in [0, 0.05) is 46.9 Å². The topological polar surface area (TPSA) is 93.1 Å². The van der Waals surface area contributed by atoms with Crippen molar-refractivity contribution in [2.45, 2.75) is 52.2 Å². The van der Waals surface area contributed by atoms with E-state index in [1.165, 1.54) is 11.3 Å². The quantitative estimate of drug-likeness (QED) is 0.524. The number of allylic oxidation sites excluding steroid dienone is 1. The average Bonchev–Trinajstić information content (AvgIpc) is 3.38. The van der Waals surface area contributed by atoms with Crippen molar-refractivity contribution in [3.63, 3.8) is 0 Å². The molecule has 4 rings (SSSR count). The van der Waals surface area contributed by atoms with E-state index in [1.54, 1.807) is 24.1 Å². The molecule has 1 amide bonds. The number of esters is 1. The maximum Gasteiger partial charge on any atom is 0.410 e. The molecule has 36 heavy (non-hydrogen) atoms. The molecular weight excluding hydrogens is 500 g/mol. The Balaban J connectivity index is 1.71. The van der Waals surface area contributed by atoms with Crippen LogP contribution in [0.4, 0.5) is 4.79 Å². The van der Waals surface area contributed by atoms with E-state index in [1.807, 2.05) is 44.4 Å². The summed E-state index contributed by atoms with van der Waals surface area (Å²) < 4.78 is 11.0. The van der Waals surface area contributed by atoms with Crippen LogP contribution in [0.3, 0.4) is 0 Å². The van der Waals surface area contributed by atoms with E-state index >= 15 is 0 Å². The zero-order valence-electron chi connectivity index (χ0n) is 20.9. The summed E-state index contributed by atoms with van der Waals surface area (Å²) in [6.45, 7) is 8.62. The van der Waals surface area contributed by atoms with Gasteiger partial charge in [0.1, 0.15) is 11.6 Å². The number of rotatable bonds is 5. The molecule has 0 radical (unpaired) electrons. The zero-order valence-corrected chi connectivity index (χ0v) is 22.5. The lowest BCUT2D eigenvalue weighted by Gasteiger charge is -2.37. The Morgan fingerprint density at radius 3 is 2.56 bits per heavy atom. The van der Waals surface area contributed by atoms with Crippen molar-refractivity contribution in [2.24, 2.45) is 10.9 Å². The molecule has 0 bridgehead atoms. The number of carbonyl (C=O) groups excluding carboxylic acids is 2. The molecule has 0 spiro atoms. The van der Waals surface area contributed by atoms with Crippen LogP contribution in [0.25, 0.3) is 0 Å². The van der Waals surface area contributed by atoms with Gasteiger partial charge in [0.05, 0.1) is 12.2 Å². The van der Waals surface area contributed by atoms with Crippen molar-refractivity contribution in [1.29, 1.82) is 0 Å². The van der Waals surface area contributed by atoms with Crippen LogP contribution >= 0.6 is 22.9 Å². The highest BCUT2D eigenvalue weighted by atomic mass is 35.5. The minimum absolute atomic E-state index is 0.0152. The first kappa shape index (κ1) is 26.2. The Morgan fingerprint density at radius 1 is 1.22 bits per heavy atom. The number of ether oxygens (including phenoxy) is 2. The van der Waals surface area contributed by atoms with E-state index in [4.69, 9.17) is 26.1 Å². The van der Waals surface area contributed by atoms with Gasteiger partial charge in [-0.2, -0.15) is 0 Å². The minimum atomic E-state index is -0.642. The molecule has 1 aromatic heterocycles. The number of aromatic nitrogens is 1. The number of amidine groups is 1. The average molecular weight is 531 g/mol. The van der Waals surface area contributed by atoms with Gasteiger partial charge in [-0.1, -0.05) is 29.8 Å². The Labute approximate surface area is 220 Å². The van der Waals surface area contributed by atoms with Crippen LogP contribution in [0.1, 0.15) is 57.1 Å². The van der Waals surface area contributed by atoms with E-state index in [0.29, 0.717) is 42.4 Å². The molecule has 1 N–H and O–H groups in total. The summed E-state index contributed by atoms with van der Waals surface area (Å²) in [5.41, 5.74) is 1.37. The number of halogens is 1. The molecule has 8 nitrogen and oxygen atoms in total. The fraction of sp³-hybridized carbons (Fsp3) is 0.462. The number of likely N-dealkylation sites (tertiary alicyclic amines) is 1. The van der Waals surface area contributed by atoms with Gasteiger partial charge in [0.2, 0.25) is 0 Å². The molecular formula is C26H31ClN4O4S. The molecule has 3 heterocycles. The summed E-state index contributed by atoms with van der Waals surface area (Å²) >= 11 is 8.05. The summed E-state index contributed by atoms with van der Waals surface area (Å²) in [5, 5.41) is 6.54. The van der Waals surface area contributed by atoms with Gasteiger partial charge in [-0.3, -0.25) is 4.99 Å². The number of piperidine rings is 1. The molecule has 1 aromatic carbocycles. The van der Waals surface area contributed by atoms with Crippen LogP contribution in [-0.4, -0.2) is 53.1 Å². The number of carbonyl (C=O) groups is 2. The third-order valence-electron chi connectivity index (χ3n) is 5.96. The molecule has 1 unspecified atom stereocenters. The van der Waals surface area contributed by atoms with E-state index < -0.39 is 17.6 Å². The van der Waals surface area contributed by atoms with E-state index in [2.05, 4.69) is 10.3 Å². The number of hydrogen-bond donors (Lipinski definition) is 1. The molecule has 2 aliphatic rings. The lowest BCUT2D eigenvalue weighted by molar-refractivity contribution is -0.139. The Hall–Kier alpha value is -2.91. The van der Waals surface area contributed by atoms with Crippen LogP contribution < -0.4 is 5.32 Å². The van der Waals surface area contributed by atoms with E-state index in [9.17, 15) is 9.59 Å². The highest BCUT2D eigenvalue weighted by Gasteiger charge is 2.38. The molecule has 2 aromatic rings. The maximum absolute atomic E-state index is 13.3. The van der Waals surface area contributed by atoms with E-state index in [-0.39, 0.29) is 18.6 Å². The van der Waals surface area contributed by atoms with Crippen LogP contribution in [0.15, 0.2) is 52.1 Å². The SMILES string of the molecule is CCOC(=O)C1=C(C2CCN(C(=O)OC(C)(C)C)CC2)NC(c2nccs2)=NC1c1ccccc1Cl. The second kappa shape index (κ2) is 11.0. The number of nitrogens with zero attached hydrogens (tertiary/aromatic N) is 3. The van der Waals surface area contributed by atoms with Crippen molar-refractivity contribution in [3.05, 3.63) is 62.7 Å². The van der Waals surface area contributed by atoms with Crippen molar-refractivity contribution >= 4 is 40.8 Å². The van der Waals surface area contributed by atoms with Crippen LogP contribution in [0, 0.1) is 5.92 Å². The van der Waals surface area contributed by atoms with Crippen molar-refractivity contribution < 1.29 is 19.1 Å². The van der Waals surface area contributed by atoms with Gasteiger partial charge >= 0.3 is 12.1 Å². The van der Waals surface area contributed by atoms with Crippen LogP contribution in [0.2, 0.25) is 5.02 Å². The summed E-state index contributed by atoms with van der Waals surface area (Å²) in [6, 6.07) is 6.75. The molecule has 0 aliphatic carbocycles. The Morgan fingerprint density at radius 2 is 1.94 bits per heavy atom. The summed E-state index contributed by atoms with van der Waals surface area (Å²) in [5.74, 6) is 0.146. The van der Waals surface area contributed by atoms with Gasteiger partial charge in [0.15, 0.2) is 10.8 Å². The first-order chi connectivity index (χ1) is 17.2. The molecule has 1 fully saturated rings. The lowest BCUT2D eigenvalue weighted by Crippen LogP contribution is -2.44. The predicted molar refractivity (Wildman–Crippen MR) is 140 cm³/mol. The maximum atomic E-state index is 13.3. The number of nitrogens with one attached hydrogen (secondary N) is 1. The standard InChI is InChI=1S/C26H31ClN4O4S/c1-5-34-24(32)19-20(16-10-13-31(14-11-16)25(33)35-26(2,3)4)29-22(23-28-12-15-36-23)30-21(19)17-8-6-7-9-18(17)27/h6-9,12,15-16,21H,5,10-11,13-14H2,1-4H3,(H,29,30). The highest BCUT2D eigenvalue weighted by molar-refractivity contribution is 7.11. The molecule has 192 valence electrons. The number of aliphatic imine (C=N–C) groups is 1. The third kappa shape index (κ3) is 5.90. The fourth-order valence-corrected chi connectivity index (χ4v) is 5.20. The molecule has 0 saturated carbocycles. The summed E-state index contributed by atoms with van der Waals surface area (Å²) in [7, 11) is 0. The van der Waals surface area contributed by atoms with Gasteiger partial charge in [-0.15, -0.1) is 11.3 Å². The normalized spacial score (nSPS) is 19.0. The molecule has 1 saturated heterocycles. The van der Waals surface area contributed by atoms with Gasteiger partial charge < -0.3 is 19.7 Å². The number of hydrogen-bond acceptors (Lipinski definition) is 8. The van der Waals surface area contributed by atoms with Crippen LogP contribution in [-0.2, 0) is 14.3 Å². The third-order valence-corrected chi connectivity index (χ3v) is 7.08. The first-order valence-corrected chi connectivity index (χ1v) is 13.3. The second-order valence-corrected chi connectivity index (χ2v) is 11.0. The Bertz CT molecular complexity index is 1160. The van der Waals surface area contributed by atoms with Crippen molar-refractivity contribution in [3.8, 4) is 0 Å². The monoisotopic (exact) mass is 530 g/mol. The van der Waals surface area contributed by atoms with Crippen molar-refractivity contribution in [1.82, 2.24) is 15.2 Å². The number of benzene rings is 1. The van der Waals surface area contributed by atoms with Gasteiger partial charge in [-0.25, -0.2) is 14.6 Å². The highest BCUT2D eigenvalue weighted by Crippen LogP contribution is 2.39. The summed E-state index contributed by atoms with van der Waals surface area (Å²) in [4.78, 5) is 37.0. The number of amides is 1. The van der Waals surface area contributed by atoms with Gasteiger partial charge in [-0.05, 0) is 46.6 Å². The second-order valence-electron chi connectivity index (χ2n) is 9.65. The minimum Gasteiger partial charge on any atom is -0.463 e. The Kier molecular flexibility index (Phi) is 8.00. The smallest absolute Gasteiger partial charge is 0.410 e. The largest absolute Gasteiger partial charge is 0.463 e. The van der Waals surface area contributed by atoms with Crippen molar-refractivity contribution in [2.75, 3.05) is 19.7 Å². The first-order valence-electron chi connectivity index (χ1n) is 12.1. The molecule has 1 atom stereocenters. The molecule has 2 aliphatic heterocycles. The van der Waals surface area contributed by atoms with Crippen LogP contribution in [0.5, 0.6) is 0 Å². The molecule has 10 heteroatoms. The van der Waals surface area contributed by atoms with Gasteiger partial charge in [0.25, 0.3) is 0 Å². The predicted octanol–water partition coefficient (Wildman–Crippen LogP) is 5.35.